The number of carboxylic acids is 1. The number of carbonyl (C=O) groups excluding carboxylic acids is 1. The van der Waals surface area contributed by atoms with E-state index in [-0.39, 0.29) is 17.4 Å². The molecule has 0 bridgehead atoms. The molecule has 5 heteroatoms. The minimum absolute atomic E-state index is 0.00617. The number of carbonyl (C=O) groups is 2. The van der Waals surface area contributed by atoms with Gasteiger partial charge in [-0.2, -0.15) is 0 Å². The Morgan fingerprint density at radius 3 is 2.79 bits per heavy atom. The fourth-order valence-corrected chi connectivity index (χ4v) is 2.87. The highest BCUT2D eigenvalue weighted by Crippen LogP contribution is 2.32. The Kier molecular flexibility index (Phi) is 3.75. The third-order valence-corrected chi connectivity index (χ3v) is 3.95. The number of nitrogens with zero attached hydrogens (tertiary/aromatic N) is 1. The predicted octanol–water partition coefficient (Wildman–Crippen LogP) is 2.99. The van der Waals surface area contributed by atoms with E-state index in [0.717, 1.165) is 5.56 Å². The number of carboxylic acid groups (broad SMARTS) is 1. The largest absolute Gasteiger partial charge is 0.478 e. The van der Waals surface area contributed by atoms with Crippen molar-refractivity contribution in [2.24, 2.45) is 5.92 Å². The standard InChI is InChI=1S/C14H14BrNO3/c1-3-9-5-13(17)16(7-9)12-6-10(14(18)19)11(15)4-8(12)2/h3-4,6,9H,1,5,7H2,2H3,(H,18,19). The Balaban J connectivity index is 2.45. The molecule has 1 saturated heterocycles. The topological polar surface area (TPSA) is 57.6 Å². The highest BCUT2D eigenvalue weighted by atomic mass is 79.9. The van der Waals surface area contributed by atoms with E-state index in [1.54, 1.807) is 23.1 Å². The summed E-state index contributed by atoms with van der Waals surface area (Å²) in [6.45, 7) is 6.13. The maximum atomic E-state index is 12.0. The Labute approximate surface area is 119 Å². The maximum Gasteiger partial charge on any atom is 0.336 e. The highest BCUT2D eigenvalue weighted by molar-refractivity contribution is 9.10. The molecule has 1 aliphatic rings. The van der Waals surface area contributed by atoms with Crippen molar-refractivity contribution in [1.82, 2.24) is 0 Å². The number of hydrogen-bond donors (Lipinski definition) is 1. The highest BCUT2D eigenvalue weighted by Gasteiger charge is 2.30. The van der Waals surface area contributed by atoms with E-state index in [1.165, 1.54) is 0 Å². The molecule has 1 aliphatic heterocycles. The maximum absolute atomic E-state index is 12.0. The molecule has 1 unspecified atom stereocenters. The summed E-state index contributed by atoms with van der Waals surface area (Å²) in [5.74, 6) is -0.879. The summed E-state index contributed by atoms with van der Waals surface area (Å²) < 4.78 is 0.521. The molecule has 1 atom stereocenters. The number of amides is 1. The molecule has 1 heterocycles. The Morgan fingerprint density at radius 2 is 2.26 bits per heavy atom. The number of benzene rings is 1. The molecule has 0 aliphatic carbocycles. The molecular formula is C14H14BrNO3. The Bertz CT molecular complexity index is 568. The van der Waals surface area contributed by atoms with Gasteiger partial charge in [0.15, 0.2) is 0 Å². The van der Waals surface area contributed by atoms with Crippen molar-refractivity contribution in [2.45, 2.75) is 13.3 Å². The van der Waals surface area contributed by atoms with Crippen LogP contribution in [0.2, 0.25) is 0 Å². The normalized spacial score (nSPS) is 18.7. The van der Waals surface area contributed by atoms with Crippen LogP contribution in [0.4, 0.5) is 5.69 Å². The second-order valence-corrected chi connectivity index (χ2v) is 5.48. The van der Waals surface area contributed by atoms with Gasteiger partial charge in [0.05, 0.1) is 5.56 Å². The Hall–Kier alpha value is -1.62. The van der Waals surface area contributed by atoms with Crippen LogP contribution in [-0.2, 0) is 4.79 Å². The number of aryl methyl sites for hydroxylation is 1. The van der Waals surface area contributed by atoms with E-state index in [9.17, 15) is 9.59 Å². The summed E-state index contributed by atoms with van der Waals surface area (Å²) in [5, 5.41) is 9.14. The van der Waals surface area contributed by atoms with Crippen LogP contribution in [0, 0.1) is 12.8 Å². The summed E-state index contributed by atoms with van der Waals surface area (Å²) in [4.78, 5) is 24.8. The lowest BCUT2D eigenvalue weighted by Crippen LogP contribution is -2.25. The molecule has 0 spiro atoms. The van der Waals surface area contributed by atoms with Crippen LogP contribution in [-0.4, -0.2) is 23.5 Å². The van der Waals surface area contributed by atoms with Crippen LogP contribution in [0.3, 0.4) is 0 Å². The molecule has 2 rings (SSSR count). The summed E-state index contributed by atoms with van der Waals surface area (Å²) in [5.41, 5.74) is 1.69. The van der Waals surface area contributed by atoms with Gasteiger partial charge in [-0.05, 0) is 40.5 Å². The van der Waals surface area contributed by atoms with Gasteiger partial charge < -0.3 is 10.0 Å². The molecular weight excluding hydrogens is 310 g/mol. The minimum Gasteiger partial charge on any atom is -0.478 e. The van der Waals surface area contributed by atoms with E-state index in [4.69, 9.17) is 5.11 Å². The van der Waals surface area contributed by atoms with Crippen LogP contribution in [0.15, 0.2) is 29.3 Å². The van der Waals surface area contributed by atoms with E-state index in [0.29, 0.717) is 23.1 Å². The predicted molar refractivity (Wildman–Crippen MR) is 76.5 cm³/mol. The fourth-order valence-electron chi connectivity index (χ4n) is 2.24. The lowest BCUT2D eigenvalue weighted by atomic mass is 10.1. The van der Waals surface area contributed by atoms with Gasteiger partial charge in [0.2, 0.25) is 5.91 Å². The summed E-state index contributed by atoms with van der Waals surface area (Å²) >= 11 is 3.23. The zero-order chi connectivity index (χ0) is 14.2. The van der Waals surface area contributed by atoms with Crippen LogP contribution in [0.1, 0.15) is 22.3 Å². The first-order valence-corrected chi connectivity index (χ1v) is 6.69. The van der Waals surface area contributed by atoms with Gasteiger partial charge in [0.25, 0.3) is 0 Å². The summed E-state index contributed by atoms with van der Waals surface area (Å²) in [7, 11) is 0. The molecule has 1 amide bonds. The fraction of sp³-hybridized carbons (Fsp3) is 0.286. The monoisotopic (exact) mass is 323 g/mol. The molecule has 0 saturated carbocycles. The second-order valence-electron chi connectivity index (χ2n) is 4.63. The number of hydrogen-bond acceptors (Lipinski definition) is 2. The van der Waals surface area contributed by atoms with Gasteiger partial charge in [0, 0.05) is 29.0 Å². The lowest BCUT2D eigenvalue weighted by Gasteiger charge is -2.20. The first-order valence-electron chi connectivity index (χ1n) is 5.90. The lowest BCUT2D eigenvalue weighted by molar-refractivity contribution is -0.117. The van der Waals surface area contributed by atoms with Crippen molar-refractivity contribution in [3.05, 3.63) is 40.4 Å². The van der Waals surface area contributed by atoms with Gasteiger partial charge in [-0.3, -0.25) is 4.79 Å². The van der Waals surface area contributed by atoms with E-state index in [2.05, 4.69) is 22.5 Å². The van der Waals surface area contributed by atoms with Crippen molar-refractivity contribution in [1.29, 1.82) is 0 Å². The van der Waals surface area contributed by atoms with E-state index >= 15 is 0 Å². The summed E-state index contributed by atoms with van der Waals surface area (Å²) in [6, 6.07) is 3.28. The Morgan fingerprint density at radius 1 is 1.58 bits per heavy atom. The van der Waals surface area contributed by atoms with Gasteiger partial charge in [-0.15, -0.1) is 6.58 Å². The second kappa shape index (κ2) is 5.17. The van der Waals surface area contributed by atoms with Crippen molar-refractivity contribution >= 4 is 33.5 Å². The molecule has 1 N–H and O–H groups in total. The number of rotatable bonds is 3. The number of halogens is 1. The van der Waals surface area contributed by atoms with Crippen LogP contribution in [0.25, 0.3) is 0 Å². The molecule has 0 aromatic heterocycles. The third-order valence-electron chi connectivity index (χ3n) is 3.30. The van der Waals surface area contributed by atoms with Crippen LogP contribution >= 0.6 is 15.9 Å². The first kappa shape index (κ1) is 13.8. The van der Waals surface area contributed by atoms with E-state index in [1.807, 2.05) is 6.92 Å². The van der Waals surface area contributed by atoms with Crippen LogP contribution in [0.5, 0.6) is 0 Å². The minimum atomic E-state index is -1.01. The first-order chi connectivity index (χ1) is 8.93. The zero-order valence-corrected chi connectivity index (χ0v) is 12.1. The summed E-state index contributed by atoms with van der Waals surface area (Å²) in [6.07, 6.45) is 2.20. The molecule has 0 radical (unpaired) electrons. The average molecular weight is 324 g/mol. The molecule has 19 heavy (non-hydrogen) atoms. The smallest absolute Gasteiger partial charge is 0.336 e. The molecule has 4 nitrogen and oxygen atoms in total. The number of aromatic carboxylic acids is 1. The van der Waals surface area contributed by atoms with Crippen molar-refractivity contribution in [2.75, 3.05) is 11.4 Å². The zero-order valence-electron chi connectivity index (χ0n) is 10.5. The van der Waals surface area contributed by atoms with E-state index < -0.39 is 5.97 Å². The van der Waals surface area contributed by atoms with Gasteiger partial charge in [0.1, 0.15) is 0 Å². The average Bonchev–Trinajstić information content (AvgIpc) is 2.70. The van der Waals surface area contributed by atoms with Crippen molar-refractivity contribution in [3.63, 3.8) is 0 Å². The number of anilines is 1. The van der Waals surface area contributed by atoms with Gasteiger partial charge >= 0.3 is 5.97 Å². The molecule has 1 aromatic rings. The molecule has 1 fully saturated rings. The molecule has 100 valence electrons. The van der Waals surface area contributed by atoms with Crippen molar-refractivity contribution in [3.8, 4) is 0 Å². The van der Waals surface area contributed by atoms with Gasteiger partial charge in [-0.25, -0.2) is 4.79 Å². The quantitative estimate of drug-likeness (QED) is 0.870. The third kappa shape index (κ3) is 2.56. The van der Waals surface area contributed by atoms with Crippen molar-refractivity contribution < 1.29 is 14.7 Å². The SMILES string of the molecule is C=CC1CC(=O)N(c2cc(C(=O)O)c(Br)cc2C)C1. The molecule has 1 aromatic carbocycles. The van der Waals surface area contributed by atoms with Gasteiger partial charge in [-0.1, -0.05) is 6.08 Å². The van der Waals surface area contributed by atoms with Crippen LogP contribution < -0.4 is 4.90 Å².